The molecule has 2 aromatic carbocycles. The van der Waals surface area contributed by atoms with Crippen molar-refractivity contribution in [1.82, 2.24) is 19.7 Å². The van der Waals surface area contributed by atoms with Gasteiger partial charge in [0.1, 0.15) is 0 Å². The molecule has 0 aliphatic carbocycles. The van der Waals surface area contributed by atoms with E-state index in [9.17, 15) is 4.79 Å². The summed E-state index contributed by atoms with van der Waals surface area (Å²) in [6.07, 6.45) is 1.36. The molecule has 29 heavy (non-hydrogen) atoms. The van der Waals surface area contributed by atoms with Gasteiger partial charge in [0.25, 0.3) is 0 Å². The third-order valence-electron chi connectivity index (χ3n) is 4.81. The minimum atomic E-state index is 0.211. The minimum Gasteiger partial charge on any atom is -0.378 e. The lowest BCUT2D eigenvalue weighted by Gasteiger charge is -2.26. The van der Waals surface area contributed by atoms with Crippen LogP contribution in [-0.4, -0.2) is 57.6 Å². The Bertz CT molecular complexity index is 925. The van der Waals surface area contributed by atoms with Crippen molar-refractivity contribution < 1.29 is 9.53 Å². The number of carbonyl (C=O) groups excluding carboxylic acids is 1. The van der Waals surface area contributed by atoms with Crippen molar-refractivity contribution in [3.05, 3.63) is 60.7 Å². The van der Waals surface area contributed by atoms with Crippen molar-refractivity contribution in [2.45, 2.75) is 18.0 Å². The highest BCUT2D eigenvalue weighted by Gasteiger charge is 2.18. The Morgan fingerprint density at radius 3 is 2.38 bits per heavy atom. The lowest BCUT2D eigenvalue weighted by molar-refractivity contribution is -0.135. The molecular weight excluding hydrogens is 384 g/mol. The molecule has 4 rings (SSSR count). The molecule has 1 aliphatic rings. The van der Waals surface area contributed by atoms with E-state index in [0.29, 0.717) is 32.7 Å². The van der Waals surface area contributed by atoms with E-state index in [-0.39, 0.29) is 5.91 Å². The van der Waals surface area contributed by atoms with Crippen molar-refractivity contribution in [2.24, 2.45) is 0 Å². The number of morpholine rings is 1. The van der Waals surface area contributed by atoms with Crippen LogP contribution < -0.4 is 0 Å². The van der Waals surface area contributed by atoms with Crippen molar-refractivity contribution >= 4 is 17.7 Å². The highest BCUT2D eigenvalue weighted by Crippen LogP contribution is 2.28. The monoisotopic (exact) mass is 408 g/mol. The molecule has 0 N–H and O–H groups in total. The zero-order valence-corrected chi connectivity index (χ0v) is 17.1. The molecule has 1 aromatic heterocycles. The first-order chi connectivity index (χ1) is 14.3. The molecule has 0 radical (unpaired) electrons. The van der Waals surface area contributed by atoms with Crippen LogP contribution in [0.1, 0.15) is 12.8 Å². The second kappa shape index (κ2) is 9.71. The molecule has 1 aliphatic heterocycles. The van der Waals surface area contributed by atoms with Crippen LogP contribution in [0.15, 0.2) is 65.8 Å². The predicted octanol–water partition coefficient (Wildman–Crippen LogP) is 3.67. The van der Waals surface area contributed by atoms with Gasteiger partial charge in [-0.15, -0.1) is 10.2 Å². The number of hydrogen-bond acceptors (Lipinski definition) is 5. The number of carbonyl (C=O) groups is 1. The van der Waals surface area contributed by atoms with Crippen LogP contribution in [0.3, 0.4) is 0 Å². The summed E-state index contributed by atoms with van der Waals surface area (Å²) in [5.41, 5.74) is 2.06. The Morgan fingerprint density at radius 2 is 1.66 bits per heavy atom. The maximum absolute atomic E-state index is 12.3. The van der Waals surface area contributed by atoms with Crippen LogP contribution in [0.5, 0.6) is 0 Å². The van der Waals surface area contributed by atoms with Gasteiger partial charge in [-0.3, -0.25) is 9.36 Å². The van der Waals surface area contributed by atoms with Gasteiger partial charge in [-0.05, 0) is 18.6 Å². The van der Waals surface area contributed by atoms with Gasteiger partial charge in [0.05, 0.1) is 13.2 Å². The molecule has 0 atom stereocenters. The quantitative estimate of drug-likeness (QED) is 0.441. The number of hydrogen-bond donors (Lipinski definition) is 0. The summed E-state index contributed by atoms with van der Waals surface area (Å²) in [7, 11) is 0. The van der Waals surface area contributed by atoms with Crippen molar-refractivity contribution in [2.75, 3.05) is 32.1 Å². The largest absolute Gasteiger partial charge is 0.378 e. The maximum Gasteiger partial charge on any atom is 0.222 e. The van der Waals surface area contributed by atoms with Crippen LogP contribution in [0.4, 0.5) is 0 Å². The smallest absolute Gasteiger partial charge is 0.222 e. The standard InChI is InChI=1S/C22H24N4O2S/c27-20(25-13-15-28-16-14-25)12-7-17-29-22-24-23-21(18-8-3-1-4-9-18)26(22)19-10-5-2-6-11-19/h1-6,8-11H,7,12-17H2. The molecule has 1 amide bonds. The molecule has 1 fully saturated rings. The Hall–Kier alpha value is -2.64. The fourth-order valence-corrected chi connectivity index (χ4v) is 4.20. The molecular formula is C22H24N4O2S. The minimum absolute atomic E-state index is 0.211. The van der Waals surface area contributed by atoms with Gasteiger partial charge in [-0.25, -0.2) is 0 Å². The number of amides is 1. The summed E-state index contributed by atoms with van der Waals surface area (Å²) in [6.45, 7) is 2.69. The number of nitrogens with zero attached hydrogens (tertiary/aromatic N) is 4. The Labute approximate surface area is 174 Å². The van der Waals surface area contributed by atoms with Gasteiger partial charge in [-0.1, -0.05) is 60.3 Å². The number of aromatic nitrogens is 3. The first-order valence-corrected chi connectivity index (χ1v) is 10.9. The number of para-hydroxylation sites is 1. The normalized spacial score (nSPS) is 14.1. The molecule has 6 nitrogen and oxygen atoms in total. The summed E-state index contributed by atoms with van der Waals surface area (Å²) in [5, 5.41) is 9.73. The second-order valence-corrected chi connectivity index (χ2v) is 7.85. The summed E-state index contributed by atoms with van der Waals surface area (Å²) in [6, 6.07) is 20.2. The van der Waals surface area contributed by atoms with Gasteiger partial charge in [0.2, 0.25) is 5.91 Å². The Morgan fingerprint density at radius 1 is 0.966 bits per heavy atom. The highest BCUT2D eigenvalue weighted by atomic mass is 32.2. The topological polar surface area (TPSA) is 60.2 Å². The molecule has 0 bridgehead atoms. The number of rotatable bonds is 7. The zero-order chi connectivity index (χ0) is 19.9. The van der Waals surface area contributed by atoms with Gasteiger partial charge in [0.15, 0.2) is 11.0 Å². The van der Waals surface area contributed by atoms with Crippen LogP contribution in [0.25, 0.3) is 17.1 Å². The SMILES string of the molecule is O=C(CCCSc1nnc(-c2ccccc2)n1-c1ccccc1)N1CCOCC1. The van der Waals surface area contributed by atoms with Crippen LogP contribution in [-0.2, 0) is 9.53 Å². The van der Waals surface area contributed by atoms with Crippen molar-refractivity contribution in [3.63, 3.8) is 0 Å². The Balaban J connectivity index is 1.45. The number of benzene rings is 2. The fourth-order valence-electron chi connectivity index (χ4n) is 3.31. The lowest BCUT2D eigenvalue weighted by atomic mass is 10.2. The first-order valence-electron chi connectivity index (χ1n) is 9.87. The molecule has 0 spiro atoms. The summed E-state index contributed by atoms with van der Waals surface area (Å²) in [4.78, 5) is 14.2. The average molecular weight is 409 g/mol. The van der Waals surface area contributed by atoms with Crippen LogP contribution >= 0.6 is 11.8 Å². The van der Waals surface area contributed by atoms with Gasteiger partial charge < -0.3 is 9.64 Å². The summed E-state index contributed by atoms with van der Waals surface area (Å²) < 4.78 is 7.40. The van der Waals surface area contributed by atoms with Crippen LogP contribution in [0.2, 0.25) is 0 Å². The van der Waals surface area contributed by atoms with Crippen molar-refractivity contribution in [3.8, 4) is 17.1 Å². The molecule has 3 aromatic rings. The van der Waals surface area contributed by atoms with Crippen molar-refractivity contribution in [1.29, 1.82) is 0 Å². The predicted molar refractivity (Wildman–Crippen MR) is 114 cm³/mol. The van der Waals surface area contributed by atoms with Crippen LogP contribution in [0, 0.1) is 0 Å². The third kappa shape index (κ3) is 4.86. The van der Waals surface area contributed by atoms with Gasteiger partial charge in [-0.2, -0.15) is 0 Å². The highest BCUT2D eigenvalue weighted by molar-refractivity contribution is 7.99. The van der Waals surface area contributed by atoms with Gasteiger partial charge in [0, 0.05) is 36.5 Å². The van der Waals surface area contributed by atoms with Gasteiger partial charge >= 0.3 is 0 Å². The van der Waals surface area contributed by atoms with E-state index in [2.05, 4.69) is 26.9 Å². The average Bonchev–Trinajstić information content (AvgIpc) is 3.22. The fraction of sp³-hybridized carbons (Fsp3) is 0.318. The lowest BCUT2D eigenvalue weighted by Crippen LogP contribution is -2.40. The Kier molecular flexibility index (Phi) is 6.59. The summed E-state index contributed by atoms with van der Waals surface area (Å²) >= 11 is 1.64. The maximum atomic E-state index is 12.3. The van der Waals surface area contributed by atoms with E-state index in [1.54, 1.807) is 11.8 Å². The molecule has 2 heterocycles. The molecule has 1 saturated heterocycles. The van der Waals surface area contributed by atoms with E-state index in [0.717, 1.165) is 34.4 Å². The first kappa shape index (κ1) is 19.7. The van der Waals surface area contributed by atoms with E-state index in [1.165, 1.54) is 0 Å². The molecule has 0 unspecified atom stereocenters. The third-order valence-corrected chi connectivity index (χ3v) is 5.82. The van der Waals surface area contributed by atoms with E-state index < -0.39 is 0 Å². The molecule has 150 valence electrons. The van der Waals surface area contributed by atoms with E-state index in [1.807, 2.05) is 53.4 Å². The second-order valence-electron chi connectivity index (χ2n) is 6.79. The summed E-state index contributed by atoms with van der Waals surface area (Å²) in [5.74, 6) is 1.85. The molecule has 0 saturated carbocycles. The zero-order valence-electron chi connectivity index (χ0n) is 16.2. The number of ether oxygens (including phenoxy) is 1. The number of thioether (sulfide) groups is 1. The van der Waals surface area contributed by atoms with E-state index in [4.69, 9.17) is 4.74 Å². The molecule has 7 heteroatoms. The van der Waals surface area contributed by atoms with E-state index >= 15 is 0 Å².